The van der Waals surface area contributed by atoms with Gasteiger partial charge in [-0.2, -0.15) is 0 Å². The topological polar surface area (TPSA) is 52.6 Å². The monoisotopic (exact) mass is 896 g/mol. The summed E-state index contributed by atoms with van der Waals surface area (Å²) in [6.45, 7) is 4.35. The number of unbranched alkanes of at least 4 members (excludes halogenated alkanes) is 10. The Morgan fingerprint density at radius 2 is 0.909 bits per heavy atom. The zero-order valence-corrected chi connectivity index (χ0v) is 36.3. The molecule has 0 fully saturated rings. The van der Waals surface area contributed by atoms with Gasteiger partial charge in [-0.1, -0.05) is 0 Å². The molecule has 0 aromatic heterocycles. The number of hydrogen-bond acceptors (Lipinski definition) is 4. The second kappa shape index (κ2) is 23.6. The van der Waals surface area contributed by atoms with Crippen LogP contribution in [-0.2, 0) is 15.7 Å². The first kappa shape index (κ1) is 44.3. The van der Waals surface area contributed by atoms with Crippen LogP contribution in [0.25, 0.3) is 23.3 Å². The second-order valence-corrected chi connectivity index (χ2v) is 24.1. The molecule has 0 saturated heterocycles. The predicted molar refractivity (Wildman–Crippen MR) is 226 cm³/mol. The third-order valence-corrected chi connectivity index (χ3v) is 19.5. The van der Waals surface area contributed by atoms with Gasteiger partial charge in [0.05, 0.1) is 0 Å². The van der Waals surface area contributed by atoms with Crippen LogP contribution in [0.1, 0.15) is 113 Å². The molecule has 0 bridgehead atoms. The minimum atomic E-state index is -4.76. The fourth-order valence-electron chi connectivity index (χ4n) is 6.45. The van der Waals surface area contributed by atoms with E-state index in [9.17, 15) is 18.4 Å². The molecule has 4 aromatic carbocycles. The number of benzene rings is 4. The molecule has 55 heavy (non-hydrogen) atoms. The second-order valence-electron chi connectivity index (χ2n) is 14.0. The Hall–Kier alpha value is -3.46. The Morgan fingerprint density at radius 1 is 0.545 bits per heavy atom. The summed E-state index contributed by atoms with van der Waals surface area (Å²) in [5.41, 5.74) is 2.45. The zero-order valence-electron chi connectivity index (χ0n) is 31.9. The van der Waals surface area contributed by atoms with Crippen molar-refractivity contribution in [3.05, 3.63) is 141 Å². The van der Waals surface area contributed by atoms with E-state index in [1.807, 2.05) is 0 Å². The maximum absolute atomic E-state index is 14.6. The predicted octanol–water partition coefficient (Wildman–Crippen LogP) is 14.3. The van der Waals surface area contributed by atoms with Crippen LogP contribution in [0.4, 0.5) is 8.78 Å². The molecule has 292 valence electrons. The van der Waals surface area contributed by atoms with Crippen LogP contribution in [0, 0.1) is 11.6 Å². The van der Waals surface area contributed by atoms with Gasteiger partial charge in [0, 0.05) is 0 Å². The van der Waals surface area contributed by atoms with E-state index in [1.54, 1.807) is 84.9 Å². The van der Waals surface area contributed by atoms with Gasteiger partial charge < -0.3 is 0 Å². The standard InChI is InChI=1S/2C15H10ClFO2.2C8H17.Sn/c2*16-12-6-4-11(5-7-12)14(15(18)19)9-10-2-1-3-13(17)8-10;2*1-3-5-7-8-6-4-2;/h2*1-9H,(H,18,19);2*1,3-8H2,2H3;/q;;;;+2/p-2/b2*14-9+;;;. The van der Waals surface area contributed by atoms with Gasteiger partial charge in [0.2, 0.25) is 0 Å². The molecule has 0 saturated carbocycles. The molecule has 0 N–H and O–H groups in total. The molecule has 0 unspecified atom stereocenters. The summed E-state index contributed by atoms with van der Waals surface area (Å²) in [6.07, 6.45) is 15.3. The number of rotatable bonds is 22. The van der Waals surface area contributed by atoms with Crippen molar-refractivity contribution in [1.82, 2.24) is 0 Å². The first-order valence-corrected chi connectivity index (χ1v) is 26.7. The van der Waals surface area contributed by atoms with Gasteiger partial charge >= 0.3 is 343 Å². The fourth-order valence-corrected chi connectivity index (χ4v) is 15.8. The average Bonchev–Trinajstić information content (AvgIpc) is 3.16. The Kier molecular flexibility index (Phi) is 19.0. The summed E-state index contributed by atoms with van der Waals surface area (Å²) >= 11 is 7.71. The molecule has 0 radical (unpaired) electrons. The average molecular weight is 897 g/mol. The third-order valence-electron chi connectivity index (χ3n) is 9.45. The van der Waals surface area contributed by atoms with Crippen LogP contribution < -0.4 is 0 Å². The number of carbonyl (C=O) groups excluding carboxylic acids is 2. The van der Waals surface area contributed by atoms with Crippen LogP contribution in [0.3, 0.4) is 0 Å². The zero-order chi connectivity index (χ0) is 39.5. The quantitative estimate of drug-likeness (QED) is 0.0341. The van der Waals surface area contributed by atoms with Crippen LogP contribution in [0.15, 0.2) is 97.1 Å². The van der Waals surface area contributed by atoms with Gasteiger partial charge in [0.1, 0.15) is 0 Å². The molecular formula is C46H52Cl2F2O4Sn. The van der Waals surface area contributed by atoms with Crippen molar-refractivity contribution in [2.75, 3.05) is 0 Å². The molecule has 0 spiro atoms. The van der Waals surface area contributed by atoms with Crippen LogP contribution >= 0.6 is 23.2 Å². The summed E-state index contributed by atoms with van der Waals surface area (Å²) in [7, 11) is 0. The summed E-state index contributed by atoms with van der Waals surface area (Å²) in [6, 6.07) is 25.6. The molecule has 4 aromatic rings. The number of hydrogen-bond donors (Lipinski definition) is 0. The van der Waals surface area contributed by atoms with Crippen LogP contribution in [0.2, 0.25) is 18.9 Å². The van der Waals surface area contributed by atoms with Gasteiger partial charge in [-0.05, 0) is 0 Å². The summed E-state index contributed by atoms with van der Waals surface area (Å²) in [5.74, 6) is -2.14. The van der Waals surface area contributed by atoms with Gasteiger partial charge in [-0.25, -0.2) is 0 Å². The van der Waals surface area contributed by atoms with E-state index < -0.39 is 42.8 Å². The number of halogens is 4. The SMILES string of the molecule is CCCCCCC[CH2][Sn]([CH2]CCCCCCC)([O]C(=O)/C(=C/c1cccc(F)c1)c1ccc(Cl)cc1)[O]C(=O)/C(=C/c1cccc(F)c1)c1ccc(Cl)cc1. The van der Waals surface area contributed by atoms with Crippen molar-refractivity contribution in [2.24, 2.45) is 0 Å². The van der Waals surface area contributed by atoms with E-state index in [2.05, 4.69) is 13.8 Å². The fraction of sp³-hybridized carbons (Fsp3) is 0.348. The van der Waals surface area contributed by atoms with Crippen molar-refractivity contribution in [2.45, 2.75) is 99.8 Å². The Bertz CT molecular complexity index is 1740. The summed E-state index contributed by atoms with van der Waals surface area (Å²) in [4.78, 5) is 29.3. The summed E-state index contributed by atoms with van der Waals surface area (Å²) in [5, 5.41) is 0.992. The molecule has 0 heterocycles. The first-order valence-electron chi connectivity index (χ1n) is 19.5. The molecular weight excluding hydrogens is 844 g/mol. The van der Waals surface area contributed by atoms with Crippen molar-refractivity contribution >= 4 is 77.6 Å². The molecule has 0 aliphatic rings. The normalized spacial score (nSPS) is 12.1. The molecule has 4 nitrogen and oxygen atoms in total. The molecule has 9 heteroatoms. The summed E-state index contributed by atoms with van der Waals surface area (Å²) < 4.78 is 43.1. The maximum atomic E-state index is 14.6. The van der Waals surface area contributed by atoms with Gasteiger partial charge in [0.25, 0.3) is 0 Å². The van der Waals surface area contributed by atoms with Crippen LogP contribution in [-0.4, -0.2) is 31.1 Å². The Morgan fingerprint density at radius 3 is 1.27 bits per heavy atom. The van der Waals surface area contributed by atoms with Crippen molar-refractivity contribution < 1.29 is 24.5 Å². The van der Waals surface area contributed by atoms with Crippen molar-refractivity contribution in [3.63, 3.8) is 0 Å². The third kappa shape index (κ3) is 15.2. The van der Waals surface area contributed by atoms with Crippen LogP contribution in [0.5, 0.6) is 0 Å². The van der Waals surface area contributed by atoms with Gasteiger partial charge in [-0.3, -0.25) is 0 Å². The Balaban J connectivity index is 1.80. The molecule has 0 aliphatic carbocycles. The van der Waals surface area contributed by atoms with E-state index in [4.69, 9.17) is 29.4 Å². The first-order chi connectivity index (χ1) is 26.6. The molecule has 0 amide bonds. The van der Waals surface area contributed by atoms with Crippen molar-refractivity contribution in [1.29, 1.82) is 0 Å². The minimum absolute atomic E-state index is 0.207. The van der Waals surface area contributed by atoms with E-state index in [1.165, 1.54) is 24.3 Å². The Labute approximate surface area is 340 Å². The van der Waals surface area contributed by atoms with E-state index >= 15 is 0 Å². The van der Waals surface area contributed by atoms with E-state index in [0.717, 1.165) is 77.0 Å². The van der Waals surface area contributed by atoms with Crippen molar-refractivity contribution in [3.8, 4) is 0 Å². The van der Waals surface area contributed by atoms with Gasteiger partial charge in [-0.15, -0.1) is 0 Å². The van der Waals surface area contributed by atoms with E-state index in [0.29, 0.717) is 41.2 Å². The molecule has 4 rings (SSSR count). The van der Waals surface area contributed by atoms with E-state index in [-0.39, 0.29) is 11.1 Å². The number of carbonyl (C=O) groups is 2. The molecule has 0 atom stereocenters. The molecule has 0 aliphatic heterocycles. The van der Waals surface area contributed by atoms with Gasteiger partial charge in [0.15, 0.2) is 0 Å².